The Kier molecular flexibility index (Phi) is 3.37. The zero-order valence-electron chi connectivity index (χ0n) is 12.2. The highest BCUT2D eigenvalue weighted by Crippen LogP contribution is 2.45. The lowest BCUT2D eigenvalue weighted by Gasteiger charge is -2.02. The van der Waals surface area contributed by atoms with E-state index in [1.54, 1.807) is 0 Å². The van der Waals surface area contributed by atoms with Crippen molar-refractivity contribution < 1.29 is 0 Å². The molecule has 1 aliphatic carbocycles. The van der Waals surface area contributed by atoms with Gasteiger partial charge < -0.3 is 0 Å². The van der Waals surface area contributed by atoms with Gasteiger partial charge in [-0.05, 0) is 33.1 Å². The second-order valence-electron chi connectivity index (χ2n) is 4.89. The molecular weight excluding hydrogens is 224 g/mol. The Labute approximate surface area is 108 Å². The molecule has 1 fully saturated rings. The number of nitrogens with zero attached hydrogens (tertiary/aromatic N) is 4. The van der Waals surface area contributed by atoms with Crippen LogP contribution in [0.1, 0.15) is 56.0 Å². The van der Waals surface area contributed by atoms with Crippen molar-refractivity contribution in [1.82, 2.24) is 19.6 Å². The molecule has 2 unspecified atom stereocenters. The van der Waals surface area contributed by atoms with Gasteiger partial charge in [-0.2, -0.15) is 4.52 Å². The first kappa shape index (κ1) is 13.0. The van der Waals surface area contributed by atoms with Crippen LogP contribution < -0.4 is 0 Å². The van der Waals surface area contributed by atoms with Crippen LogP contribution in [0.15, 0.2) is 0 Å². The van der Waals surface area contributed by atoms with E-state index in [4.69, 9.17) is 0 Å². The lowest BCUT2D eigenvalue weighted by atomic mass is 10.2. The van der Waals surface area contributed by atoms with Crippen LogP contribution in [-0.4, -0.2) is 19.6 Å². The maximum Gasteiger partial charge on any atom is 0.162 e. The molecule has 4 heteroatoms. The van der Waals surface area contributed by atoms with E-state index in [1.165, 1.54) is 6.42 Å². The number of hydrogen-bond donors (Lipinski definition) is 0. The smallest absolute Gasteiger partial charge is 0.162 e. The Bertz CT molecular complexity index is 571. The highest BCUT2D eigenvalue weighted by molar-refractivity contribution is 5.49. The number of hydrogen-bond acceptors (Lipinski definition) is 3. The fourth-order valence-corrected chi connectivity index (χ4v) is 2.17. The van der Waals surface area contributed by atoms with E-state index in [0.29, 0.717) is 5.92 Å². The Morgan fingerprint density at radius 3 is 2.28 bits per heavy atom. The maximum absolute atomic E-state index is 4.66. The van der Waals surface area contributed by atoms with Crippen molar-refractivity contribution in [2.75, 3.05) is 0 Å². The summed E-state index contributed by atoms with van der Waals surface area (Å²) in [5.41, 5.74) is 3.16. The van der Waals surface area contributed by atoms with E-state index in [2.05, 4.69) is 28.9 Å². The predicted octanol–water partition coefficient (Wildman–Crippen LogP) is 3.20. The second kappa shape index (κ2) is 4.67. The van der Waals surface area contributed by atoms with Crippen molar-refractivity contribution in [3.05, 3.63) is 22.9 Å². The summed E-state index contributed by atoms with van der Waals surface area (Å²) in [6, 6.07) is 0. The molecule has 0 radical (unpaired) electrons. The molecule has 2 aromatic rings. The van der Waals surface area contributed by atoms with Crippen LogP contribution in [0.3, 0.4) is 0 Å². The van der Waals surface area contributed by atoms with E-state index in [0.717, 1.165) is 34.5 Å². The third-order valence-electron chi connectivity index (χ3n) is 3.58. The van der Waals surface area contributed by atoms with Crippen LogP contribution in [0.25, 0.3) is 5.65 Å². The van der Waals surface area contributed by atoms with Gasteiger partial charge in [0.05, 0.1) is 0 Å². The molecule has 3 rings (SSSR count). The van der Waals surface area contributed by atoms with E-state index >= 15 is 0 Å². The molecule has 1 saturated carbocycles. The van der Waals surface area contributed by atoms with Crippen molar-refractivity contribution in [3.63, 3.8) is 0 Å². The van der Waals surface area contributed by atoms with E-state index in [9.17, 15) is 0 Å². The van der Waals surface area contributed by atoms with Crippen molar-refractivity contribution in [3.8, 4) is 0 Å². The minimum absolute atomic E-state index is 0.569. The number of aromatic nitrogens is 4. The fourth-order valence-electron chi connectivity index (χ4n) is 2.17. The van der Waals surface area contributed by atoms with Gasteiger partial charge in [-0.3, -0.25) is 0 Å². The standard InChI is InChI=1S/C12H16N4.C2H6/c1-6-5-10(6)11-14-12-7(2)8(3)13-9(4)16(12)15-11;1-2/h6,10H,5H2,1-4H3;1-2H3. The van der Waals surface area contributed by atoms with Crippen LogP contribution in [0.5, 0.6) is 0 Å². The van der Waals surface area contributed by atoms with Crippen LogP contribution in [0.2, 0.25) is 0 Å². The van der Waals surface area contributed by atoms with E-state index in [-0.39, 0.29) is 0 Å². The molecule has 0 aliphatic heterocycles. The topological polar surface area (TPSA) is 43.1 Å². The molecule has 0 N–H and O–H groups in total. The van der Waals surface area contributed by atoms with Gasteiger partial charge in [-0.25, -0.2) is 9.97 Å². The van der Waals surface area contributed by atoms with Gasteiger partial charge in [-0.1, -0.05) is 20.8 Å². The monoisotopic (exact) mass is 246 g/mol. The molecule has 2 heterocycles. The second-order valence-corrected chi connectivity index (χ2v) is 4.89. The molecule has 0 aromatic carbocycles. The summed E-state index contributed by atoms with van der Waals surface area (Å²) in [7, 11) is 0. The van der Waals surface area contributed by atoms with Crippen molar-refractivity contribution in [2.24, 2.45) is 5.92 Å². The highest BCUT2D eigenvalue weighted by Gasteiger charge is 2.37. The maximum atomic E-state index is 4.66. The van der Waals surface area contributed by atoms with Gasteiger partial charge >= 0.3 is 0 Å². The molecule has 18 heavy (non-hydrogen) atoms. The summed E-state index contributed by atoms with van der Waals surface area (Å²) < 4.78 is 1.88. The first-order valence-electron chi connectivity index (χ1n) is 6.78. The first-order chi connectivity index (χ1) is 8.58. The summed E-state index contributed by atoms with van der Waals surface area (Å²) in [6.45, 7) is 12.3. The van der Waals surface area contributed by atoms with Crippen molar-refractivity contribution in [1.29, 1.82) is 0 Å². The summed E-state index contributed by atoms with van der Waals surface area (Å²) >= 11 is 0. The first-order valence-corrected chi connectivity index (χ1v) is 6.78. The number of fused-ring (bicyclic) bond motifs is 1. The van der Waals surface area contributed by atoms with Gasteiger partial charge in [0.25, 0.3) is 0 Å². The predicted molar refractivity (Wildman–Crippen MR) is 72.9 cm³/mol. The third kappa shape index (κ3) is 2.00. The minimum atomic E-state index is 0.569. The van der Waals surface area contributed by atoms with Crippen molar-refractivity contribution >= 4 is 5.65 Å². The fraction of sp³-hybridized carbons (Fsp3) is 0.643. The molecule has 2 atom stereocenters. The summed E-state index contributed by atoms with van der Waals surface area (Å²) in [5, 5.41) is 4.57. The zero-order chi connectivity index (χ0) is 13.4. The molecule has 98 valence electrons. The lowest BCUT2D eigenvalue weighted by molar-refractivity contribution is 0.792. The number of rotatable bonds is 1. The van der Waals surface area contributed by atoms with Gasteiger partial charge in [0.1, 0.15) is 5.82 Å². The van der Waals surface area contributed by atoms with Crippen LogP contribution in [0.4, 0.5) is 0 Å². The SMILES string of the molecule is CC.Cc1nc(C)n2nc(C3CC3C)nc2c1C. The molecule has 0 saturated heterocycles. The average molecular weight is 246 g/mol. The summed E-state index contributed by atoms with van der Waals surface area (Å²) in [4.78, 5) is 9.13. The van der Waals surface area contributed by atoms with Gasteiger partial charge in [-0.15, -0.1) is 5.10 Å². The molecule has 1 aliphatic rings. The largest absolute Gasteiger partial charge is 0.238 e. The van der Waals surface area contributed by atoms with Crippen LogP contribution in [-0.2, 0) is 0 Å². The molecule has 0 bridgehead atoms. The summed E-state index contributed by atoms with van der Waals surface area (Å²) in [6.07, 6.45) is 1.22. The summed E-state index contributed by atoms with van der Waals surface area (Å²) in [5.74, 6) is 3.22. The zero-order valence-corrected chi connectivity index (χ0v) is 12.2. The van der Waals surface area contributed by atoms with Gasteiger partial charge in [0.2, 0.25) is 0 Å². The molecule has 2 aromatic heterocycles. The van der Waals surface area contributed by atoms with Gasteiger partial charge in [0, 0.05) is 17.2 Å². The normalized spacial score (nSPS) is 21.7. The van der Waals surface area contributed by atoms with E-state index in [1.807, 2.05) is 32.2 Å². The highest BCUT2D eigenvalue weighted by atomic mass is 15.3. The Balaban J connectivity index is 0.000000574. The molecular formula is C14H22N4. The Morgan fingerprint density at radius 2 is 1.72 bits per heavy atom. The van der Waals surface area contributed by atoms with E-state index < -0.39 is 0 Å². The lowest BCUT2D eigenvalue weighted by Crippen LogP contribution is -2.02. The Hall–Kier alpha value is -1.45. The minimum Gasteiger partial charge on any atom is -0.238 e. The average Bonchev–Trinajstić information content (AvgIpc) is 2.93. The van der Waals surface area contributed by atoms with Gasteiger partial charge in [0.15, 0.2) is 11.5 Å². The van der Waals surface area contributed by atoms with Crippen LogP contribution in [0, 0.1) is 26.7 Å². The molecule has 0 amide bonds. The number of aryl methyl sites for hydroxylation is 3. The van der Waals surface area contributed by atoms with Crippen LogP contribution >= 0.6 is 0 Å². The third-order valence-corrected chi connectivity index (χ3v) is 3.58. The quantitative estimate of drug-likeness (QED) is 0.776. The Morgan fingerprint density at radius 1 is 1.11 bits per heavy atom. The molecule has 0 spiro atoms. The molecule has 4 nitrogen and oxygen atoms in total. The van der Waals surface area contributed by atoms with Crippen molar-refractivity contribution in [2.45, 2.75) is 53.9 Å².